The first-order chi connectivity index (χ1) is 14.7. The van der Waals surface area contributed by atoms with Crippen molar-refractivity contribution in [3.8, 4) is 22.6 Å². The average Bonchev–Trinajstić information content (AvgIpc) is 3.41. The van der Waals surface area contributed by atoms with Gasteiger partial charge in [-0.05, 0) is 18.2 Å². The molecule has 5 aromatic rings. The fourth-order valence-electron chi connectivity index (χ4n) is 3.04. The molecule has 1 N–H and O–H groups in total. The minimum Gasteiger partial charge on any atom is -0.411 e. The van der Waals surface area contributed by atoms with E-state index in [9.17, 15) is 4.79 Å². The second kappa shape index (κ2) is 8.06. The summed E-state index contributed by atoms with van der Waals surface area (Å²) in [6.45, 7) is 0. The van der Waals surface area contributed by atoms with Crippen LogP contribution in [0.4, 0.5) is 0 Å². The summed E-state index contributed by atoms with van der Waals surface area (Å²) in [5, 5.41) is 11.6. The third-order valence-electron chi connectivity index (χ3n) is 4.42. The van der Waals surface area contributed by atoms with E-state index in [1.165, 1.54) is 23.1 Å². The van der Waals surface area contributed by atoms with E-state index in [0.717, 1.165) is 16.7 Å². The van der Waals surface area contributed by atoms with Crippen molar-refractivity contribution in [1.82, 2.24) is 20.2 Å². The highest BCUT2D eigenvalue weighted by atomic mass is 35.5. The van der Waals surface area contributed by atoms with Gasteiger partial charge >= 0.3 is 0 Å². The Balaban J connectivity index is 1.40. The summed E-state index contributed by atoms with van der Waals surface area (Å²) >= 11 is 9.05. The number of benzene rings is 2. The number of thioether (sulfide) groups is 1. The predicted molar refractivity (Wildman–Crippen MR) is 120 cm³/mol. The first-order valence-corrected chi connectivity index (χ1v) is 11.2. The summed E-state index contributed by atoms with van der Waals surface area (Å²) < 4.78 is 5.69. The Hall–Kier alpha value is -2.94. The van der Waals surface area contributed by atoms with E-state index < -0.39 is 0 Å². The zero-order valence-electron chi connectivity index (χ0n) is 15.3. The summed E-state index contributed by atoms with van der Waals surface area (Å²) in [4.78, 5) is 20.9. The number of rotatable bonds is 5. The maximum Gasteiger partial charge on any atom is 0.277 e. The van der Waals surface area contributed by atoms with Gasteiger partial charge < -0.3 is 9.40 Å². The molecule has 3 aromatic heterocycles. The number of fused-ring (bicyclic) bond motifs is 1. The van der Waals surface area contributed by atoms with Crippen molar-refractivity contribution in [1.29, 1.82) is 0 Å². The number of H-pyrrole nitrogens is 1. The third kappa shape index (κ3) is 3.65. The maximum atomic E-state index is 12.8. The van der Waals surface area contributed by atoms with E-state index >= 15 is 0 Å². The van der Waals surface area contributed by atoms with Crippen LogP contribution < -0.4 is 5.56 Å². The number of aromatic nitrogens is 4. The van der Waals surface area contributed by atoms with Gasteiger partial charge in [0, 0.05) is 27.1 Å². The molecule has 148 valence electrons. The zero-order valence-corrected chi connectivity index (χ0v) is 17.7. The van der Waals surface area contributed by atoms with Crippen LogP contribution >= 0.6 is 34.7 Å². The standard InChI is InChI=1S/C21H13ClN4O2S2/c22-15-9-5-4-8-13(15)14-10-29-20-17(14)18(27)23-16(24-20)11-30-21-26-25-19(28-21)12-6-2-1-3-7-12/h1-10H,11H2,(H,23,24,27). The molecule has 9 heteroatoms. The Bertz CT molecular complexity index is 1400. The number of nitrogens with zero attached hydrogens (tertiary/aromatic N) is 3. The number of aromatic amines is 1. The Labute approximate surface area is 184 Å². The van der Waals surface area contributed by atoms with Gasteiger partial charge in [0.25, 0.3) is 10.8 Å². The van der Waals surface area contributed by atoms with Gasteiger partial charge in [0.1, 0.15) is 10.7 Å². The first-order valence-electron chi connectivity index (χ1n) is 8.96. The van der Waals surface area contributed by atoms with E-state index in [2.05, 4.69) is 20.2 Å². The fraction of sp³-hybridized carbons (Fsp3) is 0.0476. The highest BCUT2D eigenvalue weighted by Crippen LogP contribution is 2.35. The van der Waals surface area contributed by atoms with Crippen LogP contribution in [0.5, 0.6) is 0 Å². The Kier molecular flexibility index (Phi) is 5.12. The summed E-state index contributed by atoms with van der Waals surface area (Å²) in [6.07, 6.45) is 0. The molecule has 2 aromatic carbocycles. The lowest BCUT2D eigenvalue weighted by Crippen LogP contribution is -2.10. The van der Waals surface area contributed by atoms with Crippen molar-refractivity contribution in [3.63, 3.8) is 0 Å². The van der Waals surface area contributed by atoms with E-state index in [0.29, 0.717) is 37.9 Å². The van der Waals surface area contributed by atoms with E-state index in [1.807, 2.05) is 53.9 Å². The number of hydrogen-bond donors (Lipinski definition) is 1. The van der Waals surface area contributed by atoms with Gasteiger partial charge in [-0.15, -0.1) is 21.5 Å². The summed E-state index contributed by atoms with van der Waals surface area (Å²) in [6, 6.07) is 17.0. The second-order valence-corrected chi connectivity index (χ2v) is 8.54. The van der Waals surface area contributed by atoms with Crippen LogP contribution in [-0.4, -0.2) is 20.2 Å². The molecule has 0 atom stereocenters. The van der Waals surface area contributed by atoms with Gasteiger partial charge in [0.15, 0.2) is 0 Å². The number of thiophene rings is 1. The van der Waals surface area contributed by atoms with Crippen LogP contribution in [0.15, 0.2) is 74.4 Å². The van der Waals surface area contributed by atoms with Gasteiger partial charge in [0.2, 0.25) is 5.89 Å². The molecule has 5 rings (SSSR count). The van der Waals surface area contributed by atoms with Crippen LogP contribution in [0.3, 0.4) is 0 Å². The molecule has 0 fully saturated rings. The minimum atomic E-state index is -0.192. The van der Waals surface area contributed by atoms with E-state index in [1.54, 1.807) is 6.07 Å². The van der Waals surface area contributed by atoms with Crippen molar-refractivity contribution >= 4 is 44.9 Å². The minimum absolute atomic E-state index is 0.192. The third-order valence-corrected chi connectivity index (χ3v) is 6.45. The summed E-state index contributed by atoms with van der Waals surface area (Å²) in [5.41, 5.74) is 2.27. The van der Waals surface area contributed by atoms with E-state index in [4.69, 9.17) is 16.0 Å². The predicted octanol–water partition coefficient (Wildman–Crippen LogP) is 5.65. The summed E-state index contributed by atoms with van der Waals surface area (Å²) in [5.74, 6) is 1.41. The second-order valence-electron chi connectivity index (χ2n) is 6.35. The van der Waals surface area contributed by atoms with Crippen molar-refractivity contribution in [3.05, 3.63) is 81.2 Å². The summed E-state index contributed by atoms with van der Waals surface area (Å²) in [7, 11) is 0. The molecule has 0 aliphatic rings. The smallest absolute Gasteiger partial charge is 0.277 e. The molecule has 6 nitrogen and oxygen atoms in total. The van der Waals surface area contributed by atoms with Crippen LogP contribution in [-0.2, 0) is 5.75 Å². The van der Waals surface area contributed by atoms with Gasteiger partial charge in [-0.3, -0.25) is 4.79 Å². The topological polar surface area (TPSA) is 84.7 Å². The molecule has 0 amide bonds. The molecule has 0 aliphatic carbocycles. The van der Waals surface area contributed by atoms with Gasteiger partial charge in [-0.1, -0.05) is 59.8 Å². The van der Waals surface area contributed by atoms with Gasteiger partial charge in [-0.25, -0.2) is 4.98 Å². The molecule has 0 saturated heterocycles. The fourth-order valence-corrected chi connectivity index (χ4v) is 4.86. The monoisotopic (exact) mass is 452 g/mol. The molecular formula is C21H13ClN4O2S2. The quantitative estimate of drug-likeness (QED) is 0.347. The molecule has 30 heavy (non-hydrogen) atoms. The van der Waals surface area contributed by atoms with Crippen LogP contribution in [0.2, 0.25) is 5.02 Å². The van der Waals surface area contributed by atoms with Crippen molar-refractivity contribution in [2.45, 2.75) is 11.0 Å². The molecule has 0 saturated carbocycles. The highest BCUT2D eigenvalue weighted by Gasteiger charge is 2.16. The van der Waals surface area contributed by atoms with Crippen LogP contribution in [0.1, 0.15) is 5.82 Å². The molecule has 0 spiro atoms. The van der Waals surface area contributed by atoms with Gasteiger partial charge in [0.05, 0.1) is 11.1 Å². The lowest BCUT2D eigenvalue weighted by Gasteiger charge is -2.03. The Morgan fingerprint density at radius 1 is 1.03 bits per heavy atom. The molecule has 3 heterocycles. The number of nitrogens with one attached hydrogen (secondary N) is 1. The average molecular weight is 453 g/mol. The normalized spacial score (nSPS) is 11.2. The lowest BCUT2D eigenvalue weighted by molar-refractivity contribution is 0.465. The van der Waals surface area contributed by atoms with Crippen molar-refractivity contribution in [2.24, 2.45) is 0 Å². The maximum absolute atomic E-state index is 12.8. The SMILES string of the molecule is O=c1[nH]c(CSc2nnc(-c3ccccc3)o2)nc2scc(-c3ccccc3Cl)c12. The lowest BCUT2D eigenvalue weighted by atomic mass is 10.1. The van der Waals surface area contributed by atoms with Gasteiger partial charge in [-0.2, -0.15) is 0 Å². The molecule has 0 bridgehead atoms. The number of hydrogen-bond acceptors (Lipinski definition) is 7. The largest absolute Gasteiger partial charge is 0.411 e. The zero-order chi connectivity index (χ0) is 20.5. The van der Waals surface area contributed by atoms with Crippen molar-refractivity contribution < 1.29 is 4.42 Å². The highest BCUT2D eigenvalue weighted by molar-refractivity contribution is 7.98. The van der Waals surface area contributed by atoms with Crippen LogP contribution in [0, 0.1) is 0 Å². The van der Waals surface area contributed by atoms with Crippen molar-refractivity contribution in [2.75, 3.05) is 0 Å². The molecule has 0 unspecified atom stereocenters. The molecule has 0 radical (unpaired) electrons. The molecular weight excluding hydrogens is 440 g/mol. The first kappa shape index (κ1) is 19.0. The van der Waals surface area contributed by atoms with E-state index in [-0.39, 0.29) is 5.56 Å². The molecule has 0 aliphatic heterocycles. The Morgan fingerprint density at radius 3 is 2.67 bits per heavy atom. The Morgan fingerprint density at radius 2 is 1.83 bits per heavy atom. The van der Waals surface area contributed by atoms with Crippen LogP contribution in [0.25, 0.3) is 32.8 Å². The number of halogens is 1.